The number of hydrogen-bond acceptors (Lipinski definition) is 5. The van der Waals surface area contributed by atoms with Crippen LogP contribution >= 0.6 is 0 Å². The molecule has 3 rings (SSSR count). The van der Waals surface area contributed by atoms with Crippen LogP contribution in [-0.4, -0.2) is 46.7 Å². The van der Waals surface area contributed by atoms with Gasteiger partial charge in [-0.05, 0) is 18.2 Å². The van der Waals surface area contributed by atoms with Crippen LogP contribution in [0, 0.1) is 10.1 Å². The maximum Gasteiger partial charge on any atom is 0.270 e. The highest BCUT2D eigenvalue weighted by atomic mass is 16.6. The van der Waals surface area contributed by atoms with Gasteiger partial charge in [-0.15, -0.1) is 0 Å². The molecule has 0 fully saturated rings. The molecule has 0 bridgehead atoms. The van der Waals surface area contributed by atoms with E-state index in [-0.39, 0.29) is 17.2 Å². The van der Waals surface area contributed by atoms with Gasteiger partial charge in [0.25, 0.3) is 11.6 Å². The van der Waals surface area contributed by atoms with Crippen LogP contribution in [0.5, 0.6) is 0 Å². The Bertz CT molecular complexity index is 998. The van der Waals surface area contributed by atoms with Crippen molar-refractivity contribution in [2.45, 2.75) is 6.54 Å². The molecule has 8 nitrogen and oxygen atoms in total. The van der Waals surface area contributed by atoms with Crippen LogP contribution in [-0.2, 0) is 6.54 Å². The van der Waals surface area contributed by atoms with E-state index in [0.717, 1.165) is 11.3 Å². The van der Waals surface area contributed by atoms with Crippen molar-refractivity contribution in [1.82, 2.24) is 14.7 Å². The largest absolute Gasteiger partial charge is 0.377 e. The minimum Gasteiger partial charge on any atom is -0.377 e. The van der Waals surface area contributed by atoms with Crippen molar-refractivity contribution < 1.29 is 9.72 Å². The molecule has 144 valence electrons. The summed E-state index contributed by atoms with van der Waals surface area (Å²) in [7, 11) is 5.25. The molecule has 0 saturated carbocycles. The van der Waals surface area contributed by atoms with Crippen molar-refractivity contribution in [3.63, 3.8) is 0 Å². The average Bonchev–Trinajstić information content (AvgIpc) is 3.15. The maximum absolute atomic E-state index is 13.0. The van der Waals surface area contributed by atoms with E-state index in [1.807, 2.05) is 36.5 Å². The van der Waals surface area contributed by atoms with Crippen LogP contribution in [0.2, 0.25) is 0 Å². The first-order chi connectivity index (χ1) is 13.4. The van der Waals surface area contributed by atoms with E-state index in [2.05, 4.69) is 5.10 Å². The summed E-state index contributed by atoms with van der Waals surface area (Å²) in [4.78, 5) is 26.9. The fourth-order valence-electron chi connectivity index (χ4n) is 2.91. The Hall–Kier alpha value is -3.68. The first-order valence-corrected chi connectivity index (χ1v) is 8.67. The number of nitrogens with zero attached hydrogens (tertiary/aromatic N) is 5. The predicted octanol–water partition coefficient (Wildman–Crippen LogP) is 3.12. The lowest BCUT2D eigenvalue weighted by Gasteiger charge is -2.21. The molecule has 1 heterocycles. The van der Waals surface area contributed by atoms with Gasteiger partial charge >= 0.3 is 0 Å². The van der Waals surface area contributed by atoms with Gasteiger partial charge in [-0.2, -0.15) is 5.10 Å². The summed E-state index contributed by atoms with van der Waals surface area (Å²) >= 11 is 0. The molecule has 0 radical (unpaired) electrons. The van der Waals surface area contributed by atoms with E-state index in [4.69, 9.17) is 0 Å². The summed E-state index contributed by atoms with van der Waals surface area (Å²) in [5.41, 5.74) is 2.59. The standard InChI is InChI=1S/C20H21N5O3/c1-22(2)19-10-9-17(25(27)28)11-18(19)20(26)23(3)13-15-12-21-24(14-15)16-7-5-4-6-8-16/h4-12,14H,13H2,1-3H3. The molecular formula is C20H21N5O3. The van der Waals surface area contributed by atoms with Gasteiger partial charge in [-0.3, -0.25) is 14.9 Å². The molecule has 0 spiro atoms. The third-order valence-corrected chi connectivity index (χ3v) is 4.33. The van der Waals surface area contributed by atoms with Crippen LogP contribution in [0.4, 0.5) is 11.4 Å². The average molecular weight is 379 g/mol. The van der Waals surface area contributed by atoms with Crippen LogP contribution in [0.3, 0.4) is 0 Å². The SMILES string of the molecule is CN(Cc1cnn(-c2ccccc2)c1)C(=O)c1cc([N+](=O)[O-])ccc1N(C)C. The van der Waals surface area contributed by atoms with Crippen LogP contribution in [0.25, 0.3) is 5.69 Å². The van der Waals surface area contributed by atoms with Gasteiger partial charge in [0.05, 0.1) is 22.4 Å². The minimum atomic E-state index is -0.500. The number of amides is 1. The van der Waals surface area contributed by atoms with Crippen molar-refractivity contribution in [3.8, 4) is 5.69 Å². The van der Waals surface area contributed by atoms with Crippen molar-refractivity contribution in [1.29, 1.82) is 0 Å². The molecule has 0 aliphatic carbocycles. The zero-order valence-corrected chi connectivity index (χ0v) is 15.9. The first kappa shape index (κ1) is 19.1. The number of hydrogen-bond donors (Lipinski definition) is 0. The summed E-state index contributed by atoms with van der Waals surface area (Å²) in [6.07, 6.45) is 3.57. The summed E-state index contributed by atoms with van der Waals surface area (Å²) < 4.78 is 1.74. The normalized spacial score (nSPS) is 10.5. The molecule has 1 amide bonds. The van der Waals surface area contributed by atoms with E-state index >= 15 is 0 Å². The summed E-state index contributed by atoms with van der Waals surface area (Å²) in [6, 6.07) is 14.0. The number of non-ortho nitro benzene ring substituents is 1. The molecule has 2 aromatic carbocycles. The number of para-hydroxylation sites is 1. The fraction of sp³-hybridized carbons (Fsp3) is 0.200. The fourth-order valence-corrected chi connectivity index (χ4v) is 2.91. The first-order valence-electron chi connectivity index (χ1n) is 8.67. The lowest BCUT2D eigenvalue weighted by molar-refractivity contribution is -0.384. The lowest BCUT2D eigenvalue weighted by Crippen LogP contribution is -2.28. The second-order valence-electron chi connectivity index (χ2n) is 6.64. The van der Waals surface area contributed by atoms with Crippen molar-refractivity contribution in [3.05, 3.63) is 82.2 Å². The van der Waals surface area contributed by atoms with Gasteiger partial charge in [-0.1, -0.05) is 18.2 Å². The predicted molar refractivity (Wildman–Crippen MR) is 107 cm³/mol. The van der Waals surface area contributed by atoms with Crippen molar-refractivity contribution in [2.24, 2.45) is 0 Å². The third-order valence-electron chi connectivity index (χ3n) is 4.33. The van der Waals surface area contributed by atoms with E-state index in [0.29, 0.717) is 12.2 Å². The molecule has 8 heteroatoms. The molecule has 3 aromatic rings. The van der Waals surface area contributed by atoms with Crippen molar-refractivity contribution in [2.75, 3.05) is 26.0 Å². The molecule has 28 heavy (non-hydrogen) atoms. The number of carbonyl (C=O) groups excluding carboxylic acids is 1. The number of nitro benzene ring substituents is 1. The number of anilines is 1. The number of carbonyl (C=O) groups is 1. The van der Waals surface area contributed by atoms with Gasteiger partial charge in [0, 0.05) is 57.3 Å². The van der Waals surface area contributed by atoms with Gasteiger partial charge in [-0.25, -0.2) is 4.68 Å². The van der Waals surface area contributed by atoms with Gasteiger partial charge in [0.2, 0.25) is 0 Å². The van der Waals surface area contributed by atoms with E-state index < -0.39 is 4.92 Å². The summed E-state index contributed by atoms with van der Waals surface area (Å²) in [5.74, 6) is -0.292. The van der Waals surface area contributed by atoms with Crippen LogP contribution in [0.15, 0.2) is 60.9 Å². The zero-order chi connectivity index (χ0) is 20.3. The summed E-state index contributed by atoms with van der Waals surface area (Å²) in [5, 5.41) is 15.4. The number of benzene rings is 2. The number of aromatic nitrogens is 2. The van der Waals surface area contributed by atoms with Crippen LogP contribution < -0.4 is 4.90 Å². The molecule has 0 aliphatic heterocycles. The minimum absolute atomic E-state index is 0.112. The zero-order valence-electron chi connectivity index (χ0n) is 15.9. The van der Waals surface area contributed by atoms with Crippen LogP contribution in [0.1, 0.15) is 15.9 Å². The Kier molecular flexibility index (Phi) is 5.39. The van der Waals surface area contributed by atoms with Gasteiger partial charge < -0.3 is 9.80 Å². The Morgan fingerprint density at radius 2 is 1.86 bits per heavy atom. The smallest absolute Gasteiger partial charge is 0.270 e. The monoisotopic (exact) mass is 379 g/mol. The van der Waals surface area contributed by atoms with Gasteiger partial charge in [0.1, 0.15) is 0 Å². The molecule has 0 saturated heterocycles. The van der Waals surface area contributed by atoms with E-state index in [1.54, 1.807) is 43.0 Å². The second kappa shape index (κ2) is 7.91. The van der Waals surface area contributed by atoms with E-state index in [1.165, 1.54) is 17.0 Å². The summed E-state index contributed by atoms with van der Waals surface area (Å²) in [6.45, 7) is 0.335. The molecule has 0 atom stereocenters. The highest BCUT2D eigenvalue weighted by Crippen LogP contribution is 2.25. The maximum atomic E-state index is 13.0. The second-order valence-corrected chi connectivity index (χ2v) is 6.64. The molecule has 0 N–H and O–H groups in total. The van der Waals surface area contributed by atoms with Gasteiger partial charge in [0.15, 0.2) is 0 Å². The third kappa shape index (κ3) is 4.01. The molecule has 0 unspecified atom stereocenters. The number of rotatable bonds is 6. The highest BCUT2D eigenvalue weighted by molar-refractivity contribution is 6.00. The van der Waals surface area contributed by atoms with Crippen molar-refractivity contribution >= 4 is 17.3 Å². The Balaban J connectivity index is 1.82. The molecule has 0 aliphatic rings. The highest BCUT2D eigenvalue weighted by Gasteiger charge is 2.21. The molecular weight excluding hydrogens is 358 g/mol. The molecule has 1 aromatic heterocycles. The quantitative estimate of drug-likeness (QED) is 0.485. The Labute approximate surface area is 162 Å². The topological polar surface area (TPSA) is 84.5 Å². The van der Waals surface area contributed by atoms with E-state index in [9.17, 15) is 14.9 Å². The Morgan fingerprint density at radius 3 is 2.50 bits per heavy atom. The Morgan fingerprint density at radius 1 is 1.14 bits per heavy atom. The number of nitro groups is 1. The lowest BCUT2D eigenvalue weighted by atomic mass is 10.1.